The van der Waals surface area contributed by atoms with E-state index in [2.05, 4.69) is 0 Å². The van der Waals surface area contributed by atoms with Gasteiger partial charge in [-0.3, -0.25) is 0 Å². The zero-order valence-corrected chi connectivity index (χ0v) is 14.0. The van der Waals surface area contributed by atoms with Crippen LogP contribution in [0.1, 0.15) is 0 Å². The summed E-state index contributed by atoms with van der Waals surface area (Å²) in [5.74, 6) is 0. The summed E-state index contributed by atoms with van der Waals surface area (Å²) in [7, 11) is 0. The number of rotatable bonds is 0. The van der Waals surface area contributed by atoms with Gasteiger partial charge in [0.1, 0.15) is 0 Å². The van der Waals surface area contributed by atoms with E-state index in [1.807, 2.05) is 121 Å². The number of hydrogen-bond donors (Lipinski definition) is 0. The van der Waals surface area contributed by atoms with Crippen molar-refractivity contribution >= 4 is 0 Å². The zero-order valence-electron chi connectivity index (χ0n) is 12.0. The minimum atomic E-state index is 0. The van der Waals surface area contributed by atoms with Crippen LogP contribution in [0.25, 0.3) is 0 Å². The molecule has 4 aromatic rings. The molecule has 4 rings (SSSR count). The summed E-state index contributed by atoms with van der Waals surface area (Å²) in [6.45, 7) is 0. The molecule has 0 aromatic heterocycles. The monoisotopic (exact) mass is 358 g/mol. The normalized spacial score (nSPS) is 7.62. The van der Waals surface area contributed by atoms with E-state index in [1.54, 1.807) is 0 Å². The summed E-state index contributed by atoms with van der Waals surface area (Å²) in [6.07, 6.45) is 0. The fourth-order valence-electron chi connectivity index (χ4n) is 1.28. The Hall–Kier alpha value is -1.91. The van der Waals surface area contributed by atoms with Crippen molar-refractivity contribution in [3.63, 3.8) is 0 Å². The van der Waals surface area contributed by atoms with Crippen molar-refractivity contribution in [3.8, 4) is 0 Å². The molecule has 0 saturated carbocycles. The Morgan fingerprint density at radius 2 is 0.429 bits per heavy atom. The second kappa shape index (κ2) is 16.1. The van der Waals surface area contributed by atoms with Gasteiger partial charge in [-0.25, -0.2) is 48.5 Å². The molecule has 0 radical (unpaired) electrons. The minimum Gasteiger partial charge on any atom is -0.214 e. The molecule has 0 fully saturated rings. The molecule has 0 atom stereocenters. The van der Waals surface area contributed by atoms with E-state index < -0.39 is 0 Å². The third-order valence-corrected chi connectivity index (χ3v) is 2.22. The van der Waals surface area contributed by atoms with Crippen LogP contribution in [0, 0.1) is 0 Å². The molecular weight excluding hydrogens is 336 g/mol. The van der Waals surface area contributed by atoms with Gasteiger partial charge in [-0.1, -0.05) is 0 Å². The van der Waals surface area contributed by atoms with E-state index in [-0.39, 0.29) is 21.1 Å². The van der Waals surface area contributed by atoms with Gasteiger partial charge in [0.25, 0.3) is 0 Å². The molecule has 0 saturated heterocycles. The molecule has 21 heavy (non-hydrogen) atoms. The molecule has 0 unspecified atom stereocenters. The number of hydrogen-bond acceptors (Lipinski definition) is 0. The van der Waals surface area contributed by atoms with Crippen LogP contribution < -0.4 is 0 Å². The average Bonchev–Trinajstić information content (AvgIpc) is 3.40. The van der Waals surface area contributed by atoms with E-state index >= 15 is 0 Å². The molecule has 0 aliphatic carbocycles. The smallest absolute Gasteiger partial charge is 0.214 e. The third kappa shape index (κ3) is 14.3. The van der Waals surface area contributed by atoms with Crippen LogP contribution in [0.15, 0.2) is 121 Å². The molecule has 0 heterocycles. The van der Waals surface area contributed by atoms with Crippen LogP contribution >= 0.6 is 0 Å². The van der Waals surface area contributed by atoms with Crippen LogP contribution in [-0.2, 0) is 21.1 Å². The van der Waals surface area contributed by atoms with E-state index in [9.17, 15) is 0 Å². The van der Waals surface area contributed by atoms with Gasteiger partial charge in [0.05, 0.1) is 0 Å². The molecule has 0 bridgehead atoms. The maximum Gasteiger partial charge on any atom is 4.00 e. The summed E-state index contributed by atoms with van der Waals surface area (Å²) in [5.41, 5.74) is 0. The SMILES string of the molecule is [Mo+4].c1cc[cH-]c1.c1cc[cH-]c1.c1cc[cH-]c1.c1cc[cH-]c1. The molecule has 0 aliphatic rings. The van der Waals surface area contributed by atoms with Crippen LogP contribution in [0.5, 0.6) is 0 Å². The molecule has 0 aliphatic heterocycles. The predicted octanol–water partition coefficient (Wildman–Crippen LogP) is 5.62. The van der Waals surface area contributed by atoms with E-state index in [0.717, 1.165) is 0 Å². The van der Waals surface area contributed by atoms with Crippen LogP contribution in [0.2, 0.25) is 0 Å². The minimum absolute atomic E-state index is 0. The van der Waals surface area contributed by atoms with Crippen LogP contribution in [-0.4, -0.2) is 0 Å². The van der Waals surface area contributed by atoms with Crippen molar-refractivity contribution in [1.82, 2.24) is 0 Å². The van der Waals surface area contributed by atoms with Crippen molar-refractivity contribution in [3.05, 3.63) is 121 Å². The molecule has 0 nitrogen and oxygen atoms in total. The van der Waals surface area contributed by atoms with E-state index in [1.165, 1.54) is 0 Å². The molecule has 106 valence electrons. The Morgan fingerprint density at radius 3 is 0.476 bits per heavy atom. The Morgan fingerprint density at radius 1 is 0.286 bits per heavy atom. The third-order valence-electron chi connectivity index (χ3n) is 2.22. The Kier molecular flexibility index (Phi) is 14.7. The van der Waals surface area contributed by atoms with Gasteiger partial charge in [0.2, 0.25) is 0 Å². The van der Waals surface area contributed by atoms with Gasteiger partial charge in [0.15, 0.2) is 0 Å². The van der Waals surface area contributed by atoms with E-state index in [0.29, 0.717) is 0 Å². The fraction of sp³-hybridized carbons (Fsp3) is 0. The Balaban J connectivity index is 0.000000250. The standard InChI is InChI=1S/4C5H5.Mo/c4*1-2-4-5-3-1;/h4*1-5H;/q4*-1;+4. The Labute approximate surface area is 142 Å². The van der Waals surface area contributed by atoms with Gasteiger partial charge in [0, 0.05) is 0 Å². The second-order valence-corrected chi connectivity index (χ2v) is 3.85. The zero-order chi connectivity index (χ0) is 14.1. The maximum atomic E-state index is 2.00. The largest absolute Gasteiger partial charge is 4.00 e. The maximum absolute atomic E-state index is 2.00. The van der Waals surface area contributed by atoms with Crippen molar-refractivity contribution in [1.29, 1.82) is 0 Å². The van der Waals surface area contributed by atoms with Gasteiger partial charge in [-0.2, -0.15) is 72.8 Å². The predicted molar refractivity (Wildman–Crippen MR) is 88.1 cm³/mol. The first-order chi connectivity index (χ1) is 10.0. The van der Waals surface area contributed by atoms with Crippen molar-refractivity contribution in [2.75, 3.05) is 0 Å². The molecule has 1 heteroatoms. The first kappa shape index (κ1) is 19.1. The molecule has 0 amide bonds. The average molecular weight is 356 g/mol. The first-order valence-corrected chi connectivity index (χ1v) is 6.67. The summed E-state index contributed by atoms with van der Waals surface area (Å²) in [4.78, 5) is 0. The Bertz CT molecular complexity index is 337. The van der Waals surface area contributed by atoms with Crippen molar-refractivity contribution < 1.29 is 21.1 Å². The van der Waals surface area contributed by atoms with Crippen LogP contribution in [0.3, 0.4) is 0 Å². The van der Waals surface area contributed by atoms with Crippen molar-refractivity contribution in [2.24, 2.45) is 0 Å². The van der Waals surface area contributed by atoms with Gasteiger partial charge < -0.3 is 0 Å². The molecule has 0 spiro atoms. The summed E-state index contributed by atoms with van der Waals surface area (Å²) < 4.78 is 0. The van der Waals surface area contributed by atoms with Crippen molar-refractivity contribution in [2.45, 2.75) is 0 Å². The van der Waals surface area contributed by atoms with Gasteiger partial charge >= 0.3 is 21.1 Å². The molecule has 0 N–H and O–H groups in total. The summed E-state index contributed by atoms with van der Waals surface area (Å²) in [6, 6.07) is 40.0. The topological polar surface area (TPSA) is 0 Å². The summed E-state index contributed by atoms with van der Waals surface area (Å²) >= 11 is 0. The fourth-order valence-corrected chi connectivity index (χ4v) is 1.28. The quantitative estimate of drug-likeness (QED) is 0.283. The first-order valence-electron chi connectivity index (χ1n) is 6.67. The van der Waals surface area contributed by atoms with E-state index in [4.69, 9.17) is 0 Å². The second-order valence-electron chi connectivity index (χ2n) is 3.85. The van der Waals surface area contributed by atoms with Gasteiger partial charge in [-0.05, 0) is 0 Å². The van der Waals surface area contributed by atoms with Crippen LogP contribution in [0.4, 0.5) is 0 Å². The summed E-state index contributed by atoms with van der Waals surface area (Å²) in [5, 5.41) is 0. The molecule has 4 aromatic carbocycles. The molecular formula is C20H20Mo. The van der Waals surface area contributed by atoms with Gasteiger partial charge in [-0.15, -0.1) is 0 Å².